The first kappa shape index (κ1) is 26.1. The molecule has 38 heavy (non-hydrogen) atoms. The highest BCUT2D eigenvalue weighted by molar-refractivity contribution is 7.13. The van der Waals surface area contributed by atoms with E-state index in [1.165, 1.54) is 15.3 Å². The van der Waals surface area contributed by atoms with E-state index in [2.05, 4.69) is 23.7 Å². The van der Waals surface area contributed by atoms with Crippen molar-refractivity contribution in [1.29, 1.82) is 0 Å². The van der Waals surface area contributed by atoms with Crippen LogP contribution in [0, 0.1) is 12.8 Å². The minimum atomic E-state index is -0.790. The molecular weight excluding hydrogens is 498 g/mol. The zero-order valence-corrected chi connectivity index (χ0v) is 22.7. The molecule has 0 aliphatic carbocycles. The quantitative estimate of drug-likeness (QED) is 0.483. The van der Waals surface area contributed by atoms with E-state index in [1.54, 1.807) is 22.3 Å². The van der Waals surface area contributed by atoms with E-state index < -0.39 is 18.2 Å². The number of fused-ring (bicyclic) bond motifs is 1. The molecule has 1 saturated heterocycles. The Balaban J connectivity index is 1.27. The summed E-state index contributed by atoms with van der Waals surface area (Å²) in [6.45, 7) is 6.65. The number of benzene rings is 2. The van der Waals surface area contributed by atoms with Gasteiger partial charge in [0.05, 0.1) is 6.10 Å². The van der Waals surface area contributed by atoms with Gasteiger partial charge in [-0.05, 0) is 52.6 Å². The number of likely N-dealkylation sites (tertiary alicyclic amines) is 1. The van der Waals surface area contributed by atoms with Gasteiger partial charge in [-0.1, -0.05) is 56.3 Å². The van der Waals surface area contributed by atoms with Crippen molar-refractivity contribution in [3.05, 3.63) is 82.2 Å². The first-order chi connectivity index (χ1) is 18.2. The summed E-state index contributed by atoms with van der Waals surface area (Å²) in [5.41, 5.74) is 4.84. The van der Waals surface area contributed by atoms with Crippen molar-refractivity contribution in [2.24, 2.45) is 5.92 Å². The van der Waals surface area contributed by atoms with Crippen molar-refractivity contribution < 1.29 is 19.5 Å². The lowest BCUT2D eigenvalue weighted by atomic mass is 10.0. The van der Waals surface area contributed by atoms with E-state index in [9.17, 15) is 19.5 Å². The molecule has 7 nitrogen and oxygen atoms in total. The second-order valence-electron chi connectivity index (χ2n) is 10.5. The second-order valence-corrected chi connectivity index (χ2v) is 11.4. The number of thiophene rings is 1. The van der Waals surface area contributed by atoms with E-state index in [0.29, 0.717) is 18.7 Å². The van der Waals surface area contributed by atoms with Gasteiger partial charge in [0.2, 0.25) is 11.8 Å². The van der Waals surface area contributed by atoms with Crippen molar-refractivity contribution in [1.82, 2.24) is 15.1 Å². The van der Waals surface area contributed by atoms with Crippen LogP contribution in [0.3, 0.4) is 0 Å². The third-order valence-corrected chi connectivity index (χ3v) is 8.54. The number of aliphatic hydroxyl groups is 1. The Kier molecular flexibility index (Phi) is 7.36. The van der Waals surface area contributed by atoms with Gasteiger partial charge in [-0.25, -0.2) is 0 Å². The molecule has 2 aliphatic rings. The largest absolute Gasteiger partial charge is 0.391 e. The molecule has 1 fully saturated rings. The minimum Gasteiger partial charge on any atom is -0.391 e. The molecule has 2 aromatic carbocycles. The number of carbonyl (C=O) groups excluding carboxylic acids is 3. The number of rotatable bonds is 7. The number of nitrogens with one attached hydrogen (secondary N) is 1. The topological polar surface area (TPSA) is 89.9 Å². The van der Waals surface area contributed by atoms with Crippen LogP contribution in [0.5, 0.6) is 0 Å². The van der Waals surface area contributed by atoms with Gasteiger partial charge in [-0.15, -0.1) is 11.3 Å². The van der Waals surface area contributed by atoms with Crippen LogP contribution in [-0.4, -0.2) is 57.4 Å². The van der Waals surface area contributed by atoms with Crippen LogP contribution in [0.15, 0.2) is 60.0 Å². The maximum atomic E-state index is 13.8. The molecule has 5 rings (SSSR count). The zero-order valence-electron chi connectivity index (χ0n) is 21.9. The number of aliphatic hydroxyl groups excluding tert-OH is 1. The van der Waals surface area contributed by atoms with Crippen LogP contribution in [0.1, 0.15) is 47.3 Å². The molecule has 3 aromatic rings. The van der Waals surface area contributed by atoms with Crippen molar-refractivity contribution in [2.75, 3.05) is 6.54 Å². The summed E-state index contributed by atoms with van der Waals surface area (Å²) < 4.78 is 0. The lowest BCUT2D eigenvalue weighted by Gasteiger charge is -2.35. The number of aryl methyl sites for hydroxylation is 1. The smallest absolute Gasteiger partial charge is 0.255 e. The molecule has 3 amide bonds. The average Bonchev–Trinajstić information content (AvgIpc) is 3.60. The average molecular weight is 532 g/mol. The molecule has 198 valence electrons. The highest BCUT2D eigenvalue weighted by Crippen LogP contribution is 2.31. The monoisotopic (exact) mass is 531 g/mol. The van der Waals surface area contributed by atoms with Crippen LogP contribution in [0.25, 0.3) is 10.4 Å². The molecule has 0 bridgehead atoms. The van der Waals surface area contributed by atoms with Crippen molar-refractivity contribution in [3.8, 4) is 10.4 Å². The highest BCUT2D eigenvalue weighted by atomic mass is 32.1. The van der Waals surface area contributed by atoms with Gasteiger partial charge in [-0.3, -0.25) is 14.4 Å². The Morgan fingerprint density at radius 3 is 2.50 bits per heavy atom. The predicted octanol–water partition coefficient (Wildman–Crippen LogP) is 3.98. The molecular formula is C30H33N3O4S. The number of hydrogen-bond donors (Lipinski definition) is 2. The van der Waals surface area contributed by atoms with Gasteiger partial charge in [0, 0.05) is 36.5 Å². The van der Waals surface area contributed by atoms with E-state index >= 15 is 0 Å². The van der Waals surface area contributed by atoms with Gasteiger partial charge in [0.25, 0.3) is 5.91 Å². The number of amides is 3. The summed E-state index contributed by atoms with van der Waals surface area (Å²) in [4.78, 5) is 44.5. The Morgan fingerprint density at radius 1 is 1.11 bits per heavy atom. The first-order valence-corrected chi connectivity index (χ1v) is 13.9. The van der Waals surface area contributed by atoms with E-state index in [-0.39, 0.29) is 36.6 Å². The Morgan fingerprint density at radius 2 is 1.84 bits per heavy atom. The first-order valence-electron chi connectivity index (χ1n) is 13.0. The third kappa shape index (κ3) is 4.98. The van der Waals surface area contributed by atoms with Crippen LogP contribution in [0.2, 0.25) is 0 Å². The zero-order chi connectivity index (χ0) is 27.0. The number of nitrogens with zero attached hydrogens (tertiary/aromatic N) is 2. The standard InChI is InChI=1S/C30H33N3O4S/c1-18(2)26(33-16-22-6-4-5-7-24(22)29(33)36)30(37)32-17-23(34)14-25(32)28(35)31-15-20-8-10-21(11-9-20)27-19(3)12-13-38-27/h4-13,18,23,25-26,34H,14-17H2,1-3H3,(H,31,35)/t23-,25?,26+/m1/s1. The summed E-state index contributed by atoms with van der Waals surface area (Å²) >= 11 is 1.70. The molecule has 2 N–H and O–H groups in total. The third-order valence-electron chi connectivity index (χ3n) is 7.48. The van der Waals surface area contributed by atoms with Gasteiger partial charge in [0.15, 0.2) is 0 Å². The number of carbonyl (C=O) groups is 3. The lowest BCUT2D eigenvalue weighted by molar-refractivity contribution is -0.143. The SMILES string of the molecule is Cc1ccsc1-c1ccc(CNC(=O)C2C[C@@H](O)CN2C(=O)[C@H](C(C)C)N2Cc3ccccc3C2=O)cc1. The summed E-state index contributed by atoms with van der Waals surface area (Å²) in [6.07, 6.45) is -0.616. The molecule has 3 heterocycles. The minimum absolute atomic E-state index is 0.0734. The molecule has 0 spiro atoms. The van der Waals surface area contributed by atoms with Crippen molar-refractivity contribution in [2.45, 2.75) is 58.5 Å². The van der Waals surface area contributed by atoms with E-state index in [4.69, 9.17) is 0 Å². The summed E-state index contributed by atoms with van der Waals surface area (Å²) in [6, 6.07) is 16.1. The molecule has 3 atom stereocenters. The summed E-state index contributed by atoms with van der Waals surface area (Å²) in [7, 11) is 0. The Labute approximate surface area is 227 Å². The van der Waals surface area contributed by atoms with Crippen LogP contribution in [-0.2, 0) is 22.7 Å². The molecule has 1 aromatic heterocycles. The molecule has 1 unspecified atom stereocenters. The Hall–Kier alpha value is -3.49. The van der Waals surface area contributed by atoms with Gasteiger partial charge in [0.1, 0.15) is 12.1 Å². The molecule has 0 saturated carbocycles. The normalized spacial score (nSPS) is 19.7. The molecule has 0 radical (unpaired) electrons. The van der Waals surface area contributed by atoms with Gasteiger partial charge in [-0.2, -0.15) is 0 Å². The molecule has 2 aliphatic heterocycles. The maximum absolute atomic E-state index is 13.8. The maximum Gasteiger partial charge on any atom is 0.255 e. The highest BCUT2D eigenvalue weighted by Gasteiger charge is 2.45. The lowest BCUT2D eigenvalue weighted by Crippen LogP contribution is -2.55. The van der Waals surface area contributed by atoms with Crippen molar-refractivity contribution in [3.63, 3.8) is 0 Å². The van der Waals surface area contributed by atoms with Gasteiger partial charge < -0.3 is 20.2 Å². The van der Waals surface area contributed by atoms with Crippen molar-refractivity contribution >= 4 is 29.1 Å². The second kappa shape index (κ2) is 10.7. The Bertz CT molecular complexity index is 1350. The summed E-state index contributed by atoms with van der Waals surface area (Å²) in [5, 5.41) is 15.4. The van der Waals surface area contributed by atoms with Crippen LogP contribution in [0.4, 0.5) is 0 Å². The van der Waals surface area contributed by atoms with Gasteiger partial charge >= 0.3 is 0 Å². The van der Waals surface area contributed by atoms with E-state index in [1.807, 2.05) is 56.3 Å². The number of β-amino-alcohol motifs (C(OH)–C–C–N with tert-alkyl or cyclic N) is 1. The number of hydrogen-bond acceptors (Lipinski definition) is 5. The molecule has 8 heteroatoms. The fourth-order valence-corrected chi connectivity index (χ4v) is 6.44. The summed E-state index contributed by atoms with van der Waals surface area (Å²) in [5.74, 6) is -0.928. The fraction of sp³-hybridized carbons (Fsp3) is 0.367. The predicted molar refractivity (Wildman–Crippen MR) is 147 cm³/mol. The van der Waals surface area contributed by atoms with Crippen LogP contribution < -0.4 is 5.32 Å². The van der Waals surface area contributed by atoms with E-state index in [0.717, 1.165) is 16.7 Å². The fourth-order valence-electron chi connectivity index (χ4n) is 5.51. The van der Waals surface area contributed by atoms with Crippen LogP contribution >= 0.6 is 11.3 Å².